The van der Waals surface area contributed by atoms with E-state index in [9.17, 15) is 0 Å². The Balaban J connectivity index is 0.00000144. The minimum Gasteiger partial charge on any atom is -0.330 e. The summed E-state index contributed by atoms with van der Waals surface area (Å²) in [6, 6.07) is 14.0. The van der Waals surface area contributed by atoms with E-state index in [0.29, 0.717) is 6.54 Å². The molecular weight excluding hydrogens is 241 g/mol. The predicted molar refractivity (Wildman–Crippen MR) is 73.0 cm³/mol. The van der Waals surface area contributed by atoms with Crippen molar-refractivity contribution in [2.75, 3.05) is 12.3 Å². The van der Waals surface area contributed by atoms with Crippen LogP contribution in [0.15, 0.2) is 47.5 Å². The number of aromatic nitrogens is 2. The van der Waals surface area contributed by atoms with Crippen molar-refractivity contribution in [3.8, 4) is 11.3 Å². The Bertz CT molecular complexity index is 433. The van der Waals surface area contributed by atoms with Crippen molar-refractivity contribution < 1.29 is 0 Å². The third kappa shape index (κ3) is 4.41. The van der Waals surface area contributed by atoms with Crippen LogP contribution in [0.1, 0.15) is 0 Å². The molecule has 2 N–H and O–H groups in total. The van der Waals surface area contributed by atoms with Gasteiger partial charge in [0.05, 0.1) is 5.69 Å². The molecule has 0 unspecified atom stereocenters. The van der Waals surface area contributed by atoms with E-state index >= 15 is 0 Å². The minimum absolute atomic E-state index is 0. The largest absolute Gasteiger partial charge is 0.330 e. The van der Waals surface area contributed by atoms with Crippen molar-refractivity contribution in [2.24, 2.45) is 5.73 Å². The fraction of sp³-hybridized carbons (Fsp3) is 0.167. The number of nitrogens with two attached hydrogens (primary N) is 1. The molecule has 1 aromatic heterocycles. The van der Waals surface area contributed by atoms with E-state index in [0.717, 1.165) is 22.0 Å². The van der Waals surface area contributed by atoms with Gasteiger partial charge in [-0.1, -0.05) is 30.3 Å². The van der Waals surface area contributed by atoms with Gasteiger partial charge in [0.1, 0.15) is 5.03 Å². The molecule has 17 heavy (non-hydrogen) atoms. The summed E-state index contributed by atoms with van der Waals surface area (Å²) < 4.78 is 0. The van der Waals surface area contributed by atoms with Gasteiger partial charge < -0.3 is 5.73 Å². The Labute approximate surface area is 128 Å². The fourth-order valence-electron chi connectivity index (χ4n) is 1.32. The van der Waals surface area contributed by atoms with Gasteiger partial charge in [-0.2, -0.15) is 0 Å². The molecule has 5 heteroatoms. The molecule has 0 saturated heterocycles. The second-order valence-electron chi connectivity index (χ2n) is 3.26. The Morgan fingerprint density at radius 3 is 2.35 bits per heavy atom. The van der Waals surface area contributed by atoms with Gasteiger partial charge in [0.15, 0.2) is 0 Å². The molecule has 0 spiro atoms. The number of hydrogen-bond acceptors (Lipinski definition) is 4. The van der Waals surface area contributed by atoms with Gasteiger partial charge in [-0.3, -0.25) is 0 Å². The average Bonchev–Trinajstić information content (AvgIpc) is 2.38. The topological polar surface area (TPSA) is 51.8 Å². The molecule has 0 fully saturated rings. The molecule has 3 nitrogen and oxygen atoms in total. The monoisotopic (exact) mass is 254 g/mol. The Kier molecular flexibility index (Phi) is 6.77. The van der Waals surface area contributed by atoms with Crippen LogP contribution in [-0.4, -0.2) is 52.1 Å². The molecule has 0 bridgehead atoms. The fourth-order valence-corrected chi connectivity index (χ4v) is 1.91. The summed E-state index contributed by atoms with van der Waals surface area (Å²) in [5, 5.41) is 9.26. The first-order chi connectivity index (χ1) is 7.90. The summed E-state index contributed by atoms with van der Waals surface area (Å²) in [5.41, 5.74) is 7.42. The van der Waals surface area contributed by atoms with Crippen molar-refractivity contribution in [2.45, 2.75) is 5.03 Å². The molecule has 0 aliphatic carbocycles. The van der Waals surface area contributed by atoms with Crippen LogP contribution >= 0.6 is 11.8 Å². The standard InChI is InChI=1S/C12H13N3S.Na/c13-8-9-16-12-7-6-11(14-15-12)10-4-2-1-3-5-10;/h1-7H,8-9,13H2;. The maximum Gasteiger partial charge on any atom is 0.119 e. The maximum absolute atomic E-state index is 5.43. The molecule has 0 saturated carbocycles. The summed E-state index contributed by atoms with van der Waals surface area (Å²) >= 11 is 1.63. The van der Waals surface area contributed by atoms with Gasteiger partial charge in [0.2, 0.25) is 0 Å². The second-order valence-corrected chi connectivity index (χ2v) is 4.38. The number of hydrogen-bond donors (Lipinski definition) is 1. The predicted octanol–water partition coefficient (Wildman–Crippen LogP) is 1.81. The molecule has 0 atom stereocenters. The van der Waals surface area contributed by atoms with Gasteiger partial charge in [0, 0.05) is 47.4 Å². The number of thioether (sulfide) groups is 1. The third-order valence-corrected chi connectivity index (χ3v) is 3.03. The van der Waals surface area contributed by atoms with E-state index < -0.39 is 0 Å². The molecular formula is C12H13N3NaS. The van der Waals surface area contributed by atoms with Crippen LogP contribution in [0.25, 0.3) is 11.3 Å². The maximum atomic E-state index is 5.43. The second kappa shape index (κ2) is 7.84. The first kappa shape index (κ1) is 14.7. The van der Waals surface area contributed by atoms with Gasteiger partial charge in [0.25, 0.3) is 0 Å². The molecule has 0 aliphatic heterocycles. The summed E-state index contributed by atoms with van der Waals surface area (Å²) in [6.45, 7) is 0.660. The van der Waals surface area contributed by atoms with E-state index in [1.807, 2.05) is 42.5 Å². The van der Waals surface area contributed by atoms with Crippen molar-refractivity contribution in [1.82, 2.24) is 10.2 Å². The molecule has 2 rings (SSSR count). The van der Waals surface area contributed by atoms with Crippen LogP contribution in [0.2, 0.25) is 0 Å². The average molecular weight is 254 g/mol. The molecule has 0 amide bonds. The zero-order valence-electron chi connectivity index (χ0n) is 9.84. The van der Waals surface area contributed by atoms with Crippen LogP contribution in [-0.2, 0) is 0 Å². The third-order valence-electron chi connectivity index (χ3n) is 2.08. The SMILES string of the molecule is NCCSc1ccc(-c2ccccc2)nn1.[Na]. The molecule has 83 valence electrons. The van der Waals surface area contributed by atoms with Crippen molar-refractivity contribution in [3.63, 3.8) is 0 Å². The van der Waals surface area contributed by atoms with Crippen LogP contribution in [0.4, 0.5) is 0 Å². The zero-order chi connectivity index (χ0) is 11.2. The van der Waals surface area contributed by atoms with Crippen LogP contribution in [0.5, 0.6) is 0 Å². The summed E-state index contributed by atoms with van der Waals surface area (Å²) in [4.78, 5) is 0. The number of rotatable bonds is 4. The van der Waals surface area contributed by atoms with Crippen molar-refractivity contribution in [1.29, 1.82) is 0 Å². The number of nitrogens with zero attached hydrogens (tertiary/aromatic N) is 2. The molecule has 0 aliphatic rings. The quantitative estimate of drug-likeness (QED) is 0.668. The van der Waals surface area contributed by atoms with Gasteiger partial charge in [-0.15, -0.1) is 22.0 Å². The minimum atomic E-state index is 0. The molecule has 1 radical (unpaired) electrons. The van der Waals surface area contributed by atoms with Gasteiger partial charge >= 0.3 is 0 Å². The molecule has 1 aromatic carbocycles. The van der Waals surface area contributed by atoms with Gasteiger partial charge in [-0.05, 0) is 12.1 Å². The van der Waals surface area contributed by atoms with Crippen LogP contribution in [0, 0.1) is 0 Å². The Hall–Kier alpha value is -0.390. The van der Waals surface area contributed by atoms with E-state index in [1.165, 1.54) is 0 Å². The zero-order valence-corrected chi connectivity index (χ0v) is 12.7. The number of benzene rings is 1. The first-order valence-corrected chi connectivity index (χ1v) is 6.11. The van der Waals surface area contributed by atoms with Crippen LogP contribution in [0.3, 0.4) is 0 Å². The van der Waals surface area contributed by atoms with E-state index in [1.54, 1.807) is 11.8 Å². The normalized spacial score (nSPS) is 9.71. The van der Waals surface area contributed by atoms with E-state index in [4.69, 9.17) is 5.73 Å². The molecule has 2 aromatic rings. The van der Waals surface area contributed by atoms with Crippen LogP contribution < -0.4 is 5.73 Å². The van der Waals surface area contributed by atoms with Crippen molar-refractivity contribution >= 4 is 41.3 Å². The van der Waals surface area contributed by atoms with Crippen molar-refractivity contribution in [3.05, 3.63) is 42.5 Å². The summed E-state index contributed by atoms with van der Waals surface area (Å²) in [6.07, 6.45) is 0. The smallest absolute Gasteiger partial charge is 0.119 e. The van der Waals surface area contributed by atoms with E-state index in [2.05, 4.69) is 10.2 Å². The van der Waals surface area contributed by atoms with Gasteiger partial charge in [-0.25, -0.2) is 0 Å². The van der Waals surface area contributed by atoms with E-state index in [-0.39, 0.29) is 29.6 Å². The first-order valence-electron chi connectivity index (χ1n) is 5.12. The summed E-state index contributed by atoms with van der Waals surface area (Å²) in [5.74, 6) is 0.874. The Morgan fingerprint density at radius 1 is 1.00 bits per heavy atom. The Morgan fingerprint density at radius 2 is 1.76 bits per heavy atom. The molecule has 1 heterocycles. The summed E-state index contributed by atoms with van der Waals surface area (Å²) in [7, 11) is 0.